The van der Waals surface area contributed by atoms with E-state index >= 15 is 0 Å². The van der Waals surface area contributed by atoms with Crippen molar-refractivity contribution in [3.63, 3.8) is 0 Å². The van der Waals surface area contributed by atoms with Crippen LogP contribution in [-0.4, -0.2) is 28.6 Å². The van der Waals surface area contributed by atoms with Gasteiger partial charge in [0.15, 0.2) is 0 Å². The fourth-order valence-electron chi connectivity index (χ4n) is 1.55. The lowest BCUT2D eigenvalue weighted by Gasteiger charge is -2.27. The Bertz CT molecular complexity index is 498. The number of likely N-dealkylation sites (N-methyl/N-ethyl adjacent to an activating group) is 1. The second-order valence-corrected chi connectivity index (χ2v) is 5.02. The molecule has 0 spiro atoms. The van der Waals surface area contributed by atoms with Crippen LogP contribution in [0.1, 0.15) is 0 Å². The van der Waals surface area contributed by atoms with Crippen molar-refractivity contribution < 1.29 is 17.3 Å². The van der Waals surface area contributed by atoms with Gasteiger partial charge in [-0.05, 0) is 12.1 Å². The van der Waals surface area contributed by atoms with E-state index in [1.807, 2.05) is 11.9 Å². The number of ether oxygens (including phenoxy) is 1. The van der Waals surface area contributed by atoms with Gasteiger partial charge in [0.2, 0.25) is 0 Å². The Morgan fingerprint density at radius 2 is 2.25 bits per heavy atom. The number of anilines is 1. The molecule has 86 valence electrons. The summed E-state index contributed by atoms with van der Waals surface area (Å²) in [5, 5.41) is 0. The average Bonchev–Trinajstić information content (AvgIpc) is 2.29. The molecule has 6 heteroatoms. The van der Waals surface area contributed by atoms with E-state index in [2.05, 4.69) is 4.18 Å². The first-order chi connectivity index (χ1) is 7.54. The van der Waals surface area contributed by atoms with E-state index < -0.39 is 10.1 Å². The molecule has 2 rings (SSSR count). The highest BCUT2D eigenvalue weighted by Gasteiger charge is 2.20. The molecule has 0 aromatic heterocycles. The van der Waals surface area contributed by atoms with Crippen LogP contribution in [0.2, 0.25) is 0 Å². The predicted molar refractivity (Wildman–Crippen MR) is 57.8 cm³/mol. The van der Waals surface area contributed by atoms with Gasteiger partial charge in [0, 0.05) is 13.1 Å². The number of hydrogen-bond donors (Lipinski definition) is 0. The van der Waals surface area contributed by atoms with Crippen LogP contribution in [0.3, 0.4) is 0 Å². The minimum Gasteiger partial charge on any atom is -0.490 e. The second-order valence-electron chi connectivity index (χ2n) is 3.45. The summed E-state index contributed by atoms with van der Waals surface area (Å²) in [7, 11) is 2.74. The summed E-state index contributed by atoms with van der Waals surface area (Å²) in [6, 6.07) is 4.51. The van der Waals surface area contributed by atoms with Gasteiger partial charge in [0.05, 0.1) is 17.1 Å². The maximum atomic E-state index is 11.4. The van der Waals surface area contributed by atoms with Crippen molar-refractivity contribution in [3.05, 3.63) is 25.3 Å². The Hall–Kier alpha value is -1.27. The molecule has 0 fully saturated rings. The third-order valence-corrected chi connectivity index (χ3v) is 3.53. The van der Waals surface area contributed by atoms with Crippen LogP contribution in [0, 0.1) is 7.11 Å². The zero-order valence-corrected chi connectivity index (χ0v) is 9.53. The summed E-state index contributed by atoms with van der Waals surface area (Å²) in [5.74, 6) is 0.520. The van der Waals surface area contributed by atoms with E-state index in [0.717, 1.165) is 12.2 Å². The first kappa shape index (κ1) is 11.2. The van der Waals surface area contributed by atoms with E-state index in [0.29, 0.717) is 12.4 Å². The highest BCUT2D eigenvalue weighted by molar-refractivity contribution is 7.86. The van der Waals surface area contributed by atoms with Gasteiger partial charge in [-0.1, -0.05) is 0 Å². The molecule has 0 atom stereocenters. The zero-order valence-electron chi connectivity index (χ0n) is 8.71. The monoisotopic (exact) mass is 241 g/mol. The SMILES string of the molecule is [CH]OS(=O)(=O)c1ccc2c(c1)OCCN2C. The van der Waals surface area contributed by atoms with Crippen LogP contribution in [0.25, 0.3) is 0 Å². The molecule has 16 heavy (non-hydrogen) atoms. The molecule has 1 aromatic carbocycles. The molecule has 0 amide bonds. The quantitative estimate of drug-likeness (QED) is 0.720. The molecule has 0 bridgehead atoms. The number of rotatable bonds is 2. The third kappa shape index (κ3) is 1.85. The molecule has 1 aromatic rings. The molecule has 5 nitrogen and oxygen atoms in total. The summed E-state index contributed by atoms with van der Waals surface area (Å²) >= 11 is 0. The molecule has 1 aliphatic heterocycles. The van der Waals surface area contributed by atoms with Crippen molar-refractivity contribution in [1.29, 1.82) is 0 Å². The summed E-state index contributed by atoms with van der Waals surface area (Å²) in [6.07, 6.45) is 0. The van der Waals surface area contributed by atoms with Crippen molar-refractivity contribution >= 4 is 15.8 Å². The zero-order chi connectivity index (χ0) is 11.8. The highest BCUT2D eigenvalue weighted by Crippen LogP contribution is 2.33. The molecule has 0 unspecified atom stereocenters. The number of hydrogen-bond acceptors (Lipinski definition) is 5. The van der Waals surface area contributed by atoms with Crippen molar-refractivity contribution in [2.75, 3.05) is 25.1 Å². The van der Waals surface area contributed by atoms with E-state index in [1.54, 1.807) is 6.07 Å². The van der Waals surface area contributed by atoms with E-state index in [9.17, 15) is 8.42 Å². The molecule has 0 N–H and O–H groups in total. The van der Waals surface area contributed by atoms with Crippen LogP contribution >= 0.6 is 0 Å². The molecule has 0 saturated carbocycles. The van der Waals surface area contributed by atoms with E-state index in [-0.39, 0.29) is 4.90 Å². The Labute approximate surface area is 94.7 Å². The summed E-state index contributed by atoms with van der Waals surface area (Å²) in [6.45, 7) is 1.29. The lowest BCUT2D eigenvalue weighted by atomic mass is 10.2. The third-order valence-electron chi connectivity index (χ3n) is 2.44. The van der Waals surface area contributed by atoms with Gasteiger partial charge in [0.25, 0.3) is 10.1 Å². The van der Waals surface area contributed by atoms with Crippen LogP contribution < -0.4 is 9.64 Å². The van der Waals surface area contributed by atoms with Gasteiger partial charge in [-0.3, -0.25) is 4.18 Å². The smallest absolute Gasteiger partial charge is 0.297 e. The van der Waals surface area contributed by atoms with Gasteiger partial charge in [0.1, 0.15) is 19.5 Å². The van der Waals surface area contributed by atoms with Crippen LogP contribution in [0.5, 0.6) is 5.75 Å². The maximum absolute atomic E-state index is 11.4. The standard InChI is InChI=1S/C10H11NO4S/c1-11-5-6-15-10-7-8(3-4-9(10)11)16(12,13)14-2/h2-4,7H,5-6H2,1H3. The van der Waals surface area contributed by atoms with E-state index in [4.69, 9.17) is 11.8 Å². The predicted octanol–water partition coefficient (Wildman–Crippen LogP) is 0.889. The summed E-state index contributed by atoms with van der Waals surface area (Å²) < 4.78 is 32.0. The molecule has 0 saturated heterocycles. The maximum Gasteiger partial charge on any atom is 0.297 e. The van der Waals surface area contributed by atoms with Crippen LogP contribution in [-0.2, 0) is 14.3 Å². The van der Waals surface area contributed by atoms with Gasteiger partial charge in [-0.25, -0.2) is 0 Å². The summed E-state index contributed by atoms with van der Waals surface area (Å²) in [5.41, 5.74) is 0.849. The Morgan fingerprint density at radius 3 is 2.94 bits per heavy atom. The number of nitrogens with zero attached hydrogens (tertiary/aromatic N) is 1. The van der Waals surface area contributed by atoms with Gasteiger partial charge >= 0.3 is 0 Å². The second kappa shape index (κ2) is 3.95. The molecule has 1 heterocycles. The fourth-order valence-corrected chi connectivity index (χ4v) is 2.15. The normalized spacial score (nSPS) is 15.5. The largest absolute Gasteiger partial charge is 0.490 e. The molecular formula is C10H11NO4S. The topological polar surface area (TPSA) is 55.8 Å². The number of benzene rings is 1. The number of fused-ring (bicyclic) bond motifs is 1. The molecule has 0 aliphatic carbocycles. The van der Waals surface area contributed by atoms with Crippen LogP contribution in [0.15, 0.2) is 23.1 Å². The van der Waals surface area contributed by atoms with Gasteiger partial charge in [-0.2, -0.15) is 8.42 Å². The average molecular weight is 241 g/mol. The van der Waals surface area contributed by atoms with Crippen molar-refractivity contribution in [2.24, 2.45) is 0 Å². The highest BCUT2D eigenvalue weighted by atomic mass is 32.2. The lowest BCUT2D eigenvalue weighted by molar-refractivity contribution is 0.310. The minimum absolute atomic E-state index is 0.0101. The molecule has 2 radical (unpaired) electrons. The van der Waals surface area contributed by atoms with E-state index in [1.165, 1.54) is 12.1 Å². The Morgan fingerprint density at radius 1 is 1.50 bits per heavy atom. The van der Waals surface area contributed by atoms with Crippen molar-refractivity contribution in [3.8, 4) is 5.75 Å². The Balaban J connectivity index is 2.47. The lowest BCUT2D eigenvalue weighted by Crippen LogP contribution is -2.28. The first-order valence-corrected chi connectivity index (χ1v) is 6.07. The minimum atomic E-state index is -3.87. The fraction of sp³-hybridized carbons (Fsp3) is 0.300. The first-order valence-electron chi connectivity index (χ1n) is 4.66. The molecule has 1 aliphatic rings. The molecular weight excluding hydrogens is 230 g/mol. The van der Waals surface area contributed by atoms with Gasteiger partial charge < -0.3 is 9.64 Å². The van der Waals surface area contributed by atoms with Crippen molar-refractivity contribution in [2.45, 2.75) is 4.90 Å². The Kier molecular flexibility index (Phi) is 2.77. The van der Waals surface area contributed by atoms with Crippen LogP contribution in [0.4, 0.5) is 5.69 Å². The summed E-state index contributed by atoms with van der Waals surface area (Å²) in [4.78, 5) is 1.97. The van der Waals surface area contributed by atoms with Gasteiger partial charge in [-0.15, -0.1) is 0 Å². The van der Waals surface area contributed by atoms with Crippen molar-refractivity contribution in [1.82, 2.24) is 0 Å².